The van der Waals surface area contributed by atoms with Gasteiger partial charge < -0.3 is 34.1 Å². The third kappa shape index (κ3) is 9.19. The number of imidazole rings is 1. The van der Waals surface area contributed by atoms with Gasteiger partial charge in [-0.3, -0.25) is 19.2 Å². The number of carboxylic acid groups (broad SMARTS) is 1. The van der Waals surface area contributed by atoms with Crippen molar-refractivity contribution in [2.24, 2.45) is 11.8 Å². The minimum absolute atomic E-state index is 0.0452. The average Bonchev–Trinajstić information content (AvgIpc) is 3.79. The molecule has 5 rings (SSSR count). The third-order valence-corrected chi connectivity index (χ3v) is 7.96. The highest BCUT2D eigenvalue weighted by molar-refractivity contribution is 5.94. The van der Waals surface area contributed by atoms with Crippen LogP contribution in [0.15, 0.2) is 55.1 Å². The van der Waals surface area contributed by atoms with Crippen molar-refractivity contribution in [2.75, 3.05) is 45.9 Å². The SMILES string of the molecule is CC(C)CN1CC(C(=O)N2CCCCN(C(=O)c3cc[nH]c3)CCOc3cccc(c3)-c3nccn3CCC2)CC1=O.O=CO. The van der Waals surface area contributed by atoms with Crippen molar-refractivity contribution in [1.29, 1.82) is 0 Å². The van der Waals surface area contributed by atoms with Crippen molar-refractivity contribution in [2.45, 2.75) is 46.1 Å². The van der Waals surface area contributed by atoms with Gasteiger partial charge in [0.2, 0.25) is 11.8 Å². The van der Waals surface area contributed by atoms with Crippen LogP contribution in [0.5, 0.6) is 5.75 Å². The number of likely N-dealkylation sites (tertiary alicyclic amines) is 1. The molecule has 1 atom stereocenters. The van der Waals surface area contributed by atoms with E-state index in [1.54, 1.807) is 24.7 Å². The van der Waals surface area contributed by atoms with E-state index in [4.69, 9.17) is 14.6 Å². The van der Waals surface area contributed by atoms with E-state index in [1.165, 1.54) is 0 Å². The van der Waals surface area contributed by atoms with Gasteiger partial charge in [-0.05, 0) is 43.4 Å². The number of rotatable bonds is 4. The molecule has 3 amide bonds. The van der Waals surface area contributed by atoms with Crippen LogP contribution in [0, 0.1) is 11.8 Å². The van der Waals surface area contributed by atoms with Gasteiger partial charge in [0.15, 0.2) is 0 Å². The summed E-state index contributed by atoms with van der Waals surface area (Å²) in [6.07, 6.45) is 9.78. The van der Waals surface area contributed by atoms with Crippen LogP contribution < -0.4 is 4.74 Å². The first-order valence-electron chi connectivity index (χ1n) is 15.6. The van der Waals surface area contributed by atoms with E-state index < -0.39 is 0 Å². The molecule has 0 spiro atoms. The lowest BCUT2D eigenvalue weighted by atomic mass is 10.1. The molecule has 3 aromatic rings. The van der Waals surface area contributed by atoms with Crippen LogP contribution in [-0.2, 0) is 20.9 Å². The van der Waals surface area contributed by atoms with Crippen molar-refractivity contribution in [1.82, 2.24) is 29.2 Å². The van der Waals surface area contributed by atoms with E-state index in [1.807, 2.05) is 45.2 Å². The first-order valence-corrected chi connectivity index (χ1v) is 15.6. The van der Waals surface area contributed by atoms with E-state index in [-0.39, 0.29) is 36.5 Å². The van der Waals surface area contributed by atoms with Crippen LogP contribution in [0.3, 0.4) is 0 Å². The molecule has 45 heavy (non-hydrogen) atoms. The van der Waals surface area contributed by atoms with E-state index in [0.717, 1.165) is 36.4 Å². The van der Waals surface area contributed by atoms with Crippen molar-refractivity contribution in [3.8, 4) is 17.1 Å². The van der Waals surface area contributed by atoms with Crippen molar-refractivity contribution in [3.05, 3.63) is 60.7 Å². The highest BCUT2D eigenvalue weighted by Gasteiger charge is 2.36. The zero-order valence-electron chi connectivity index (χ0n) is 26.1. The standard InChI is InChI=1S/C32H42N6O4.CH2O2/c1-24(2)22-38-23-27(20-29(38)39)32(41)36-12-3-4-13-37(31(40)26-9-10-33-21-26)17-18-42-28-8-5-7-25(19-28)30-34-11-16-35(30)14-6-15-36;2-1-3/h5,7-11,16,19,21,24,27,33H,3-4,6,12-15,17-18,20,22-23H2,1-2H3;1H,(H,2,3). The summed E-state index contributed by atoms with van der Waals surface area (Å²) in [5.74, 6) is 1.71. The molecule has 0 saturated carbocycles. The number of nitrogens with one attached hydrogen (secondary N) is 1. The molecule has 1 saturated heterocycles. The van der Waals surface area contributed by atoms with Gasteiger partial charge in [0.25, 0.3) is 12.4 Å². The molecule has 1 aromatic carbocycles. The highest BCUT2D eigenvalue weighted by Crippen LogP contribution is 2.25. The van der Waals surface area contributed by atoms with Crippen molar-refractivity contribution >= 4 is 24.2 Å². The molecule has 242 valence electrons. The molecule has 2 bridgehead atoms. The Kier molecular flexibility index (Phi) is 12.2. The summed E-state index contributed by atoms with van der Waals surface area (Å²) in [5.41, 5.74) is 1.56. The molecule has 2 aliphatic heterocycles. The number of carbonyl (C=O) groups excluding carboxylic acids is 3. The van der Waals surface area contributed by atoms with E-state index in [2.05, 4.69) is 28.4 Å². The molecule has 1 fully saturated rings. The number of ether oxygens (including phenoxy) is 1. The second-order valence-corrected chi connectivity index (χ2v) is 11.8. The molecular weight excluding hydrogens is 576 g/mol. The normalized spacial score (nSPS) is 18.0. The molecule has 12 nitrogen and oxygen atoms in total. The molecular formula is C33H44N6O6. The fourth-order valence-corrected chi connectivity index (χ4v) is 5.89. The zero-order valence-corrected chi connectivity index (χ0v) is 26.1. The Labute approximate surface area is 264 Å². The lowest BCUT2D eigenvalue weighted by Gasteiger charge is -2.27. The third-order valence-electron chi connectivity index (χ3n) is 7.96. The number of H-pyrrole nitrogens is 1. The van der Waals surface area contributed by atoms with Gasteiger partial charge in [0.05, 0.1) is 18.0 Å². The summed E-state index contributed by atoms with van der Waals surface area (Å²) in [6, 6.07) is 9.64. The monoisotopic (exact) mass is 620 g/mol. The van der Waals surface area contributed by atoms with Gasteiger partial charge in [0, 0.05) is 76.0 Å². The maximum Gasteiger partial charge on any atom is 0.290 e. The molecule has 1 unspecified atom stereocenters. The van der Waals surface area contributed by atoms with Gasteiger partial charge in [-0.1, -0.05) is 26.0 Å². The minimum atomic E-state index is -0.305. The van der Waals surface area contributed by atoms with Crippen LogP contribution in [0.2, 0.25) is 0 Å². The predicted molar refractivity (Wildman–Crippen MR) is 169 cm³/mol. The smallest absolute Gasteiger partial charge is 0.290 e. The molecule has 0 radical (unpaired) electrons. The van der Waals surface area contributed by atoms with Crippen LogP contribution in [0.4, 0.5) is 0 Å². The van der Waals surface area contributed by atoms with Crippen LogP contribution in [0.25, 0.3) is 11.4 Å². The zero-order chi connectivity index (χ0) is 32.2. The summed E-state index contributed by atoms with van der Waals surface area (Å²) < 4.78 is 8.20. The summed E-state index contributed by atoms with van der Waals surface area (Å²) in [7, 11) is 0. The van der Waals surface area contributed by atoms with Gasteiger partial charge in [-0.15, -0.1) is 0 Å². The molecule has 0 aliphatic carbocycles. The first-order chi connectivity index (χ1) is 21.8. The number of aromatic nitrogens is 3. The second kappa shape index (κ2) is 16.5. The Morgan fingerprint density at radius 1 is 1.09 bits per heavy atom. The molecule has 4 heterocycles. The van der Waals surface area contributed by atoms with Crippen LogP contribution >= 0.6 is 0 Å². The van der Waals surface area contributed by atoms with Crippen molar-refractivity contribution in [3.63, 3.8) is 0 Å². The van der Waals surface area contributed by atoms with Crippen molar-refractivity contribution < 1.29 is 29.0 Å². The maximum absolute atomic E-state index is 13.7. The fraction of sp³-hybridized carbons (Fsp3) is 0.485. The number of benzene rings is 1. The summed E-state index contributed by atoms with van der Waals surface area (Å²) in [5, 5.41) is 6.89. The Bertz CT molecular complexity index is 1400. The second-order valence-electron chi connectivity index (χ2n) is 11.8. The Balaban J connectivity index is 0.00000148. The van der Waals surface area contributed by atoms with Crippen LogP contribution in [-0.4, -0.2) is 104 Å². The first kappa shape index (κ1) is 33.3. The highest BCUT2D eigenvalue weighted by atomic mass is 16.5. The lowest BCUT2D eigenvalue weighted by molar-refractivity contribution is -0.136. The average molecular weight is 621 g/mol. The topological polar surface area (TPSA) is 141 Å². The molecule has 12 heteroatoms. The van der Waals surface area contributed by atoms with Gasteiger partial charge in [-0.25, -0.2) is 4.98 Å². The van der Waals surface area contributed by atoms with Gasteiger partial charge in [-0.2, -0.15) is 0 Å². The summed E-state index contributed by atoms with van der Waals surface area (Å²) in [4.78, 5) is 61.2. The number of amides is 3. The summed E-state index contributed by atoms with van der Waals surface area (Å²) >= 11 is 0. The number of carbonyl (C=O) groups is 4. The number of aryl methyl sites for hydroxylation is 1. The predicted octanol–water partition coefficient (Wildman–Crippen LogP) is 3.62. The van der Waals surface area contributed by atoms with E-state index in [0.29, 0.717) is 63.9 Å². The Morgan fingerprint density at radius 3 is 2.58 bits per heavy atom. The fourth-order valence-electron chi connectivity index (χ4n) is 5.89. The van der Waals surface area contributed by atoms with Gasteiger partial charge in [0.1, 0.15) is 18.2 Å². The summed E-state index contributed by atoms with van der Waals surface area (Å²) in [6.45, 7) is 8.38. The van der Waals surface area contributed by atoms with E-state index >= 15 is 0 Å². The number of aromatic amines is 1. The largest absolute Gasteiger partial charge is 0.492 e. The Hall–Kier alpha value is -4.61. The minimum Gasteiger partial charge on any atom is -0.492 e. The lowest BCUT2D eigenvalue weighted by Crippen LogP contribution is -2.40. The Morgan fingerprint density at radius 2 is 1.84 bits per heavy atom. The number of nitrogens with zero attached hydrogens (tertiary/aromatic N) is 5. The van der Waals surface area contributed by atoms with Gasteiger partial charge >= 0.3 is 0 Å². The number of fused-ring (bicyclic) bond motifs is 4. The van der Waals surface area contributed by atoms with E-state index in [9.17, 15) is 14.4 Å². The molecule has 2 aliphatic rings. The number of hydrogen-bond donors (Lipinski definition) is 2. The number of hydrogen-bond acceptors (Lipinski definition) is 6. The molecule has 2 N–H and O–H groups in total. The molecule has 2 aromatic heterocycles. The maximum atomic E-state index is 13.7. The quantitative estimate of drug-likeness (QED) is 0.425. The van der Waals surface area contributed by atoms with Crippen LogP contribution in [0.1, 0.15) is 49.9 Å².